The smallest absolute Gasteiger partial charge is 0.338 e. The molecule has 0 amide bonds. The highest BCUT2D eigenvalue weighted by Gasteiger charge is 2.18. The molecule has 0 aromatic heterocycles. The number of rotatable bonds is 2. The number of ether oxygens (including phenoxy) is 1. The van der Waals surface area contributed by atoms with Crippen molar-refractivity contribution in [3.05, 3.63) is 34.6 Å². The third-order valence-corrected chi connectivity index (χ3v) is 1.82. The summed E-state index contributed by atoms with van der Waals surface area (Å²) >= 11 is 0. The van der Waals surface area contributed by atoms with Gasteiger partial charge in [-0.1, -0.05) is 0 Å². The molecule has 0 aliphatic carbocycles. The van der Waals surface area contributed by atoms with Crippen LogP contribution in [0, 0.1) is 17.1 Å². The Balaban J connectivity index is 3.45. The molecule has 1 rings (SSSR count). The van der Waals surface area contributed by atoms with Crippen LogP contribution in [0.25, 0.3) is 0 Å². The Bertz CT molecular complexity index is 462. The summed E-state index contributed by atoms with van der Waals surface area (Å²) in [6.45, 7) is 0. The van der Waals surface area contributed by atoms with E-state index in [9.17, 15) is 14.0 Å². The van der Waals surface area contributed by atoms with E-state index in [0.29, 0.717) is 0 Å². The largest absolute Gasteiger partial charge is 0.465 e. The third kappa shape index (κ3) is 1.83. The maximum atomic E-state index is 13.4. The van der Waals surface area contributed by atoms with Crippen LogP contribution in [0.5, 0.6) is 0 Å². The molecule has 4 nitrogen and oxygen atoms in total. The normalized spacial score (nSPS) is 9.13. The van der Waals surface area contributed by atoms with E-state index in [0.717, 1.165) is 13.2 Å². The lowest BCUT2D eigenvalue weighted by Gasteiger charge is -2.04. The molecule has 0 saturated carbocycles. The number of halogens is 1. The van der Waals surface area contributed by atoms with Crippen molar-refractivity contribution in [3.63, 3.8) is 0 Å². The van der Waals surface area contributed by atoms with Gasteiger partial charge in [0.15, 0.2) is 12.1 Å². The summed E-state index contributed by atoms with van der Waals surface area (Å²) in [5, 5.41) is 8.50. The first-order valence-electron chi connectivity index (χ1n) is 3.91. The number of hydrogen-bond acceptors (Lipinski definition) is 4. The van der Waals surface area contributed by atoms with Crippen molar-refractivity contribution in [2.75, 3.05) is 7.11 Å². The predicted octanol–water partition coefficient (Wildman–Crippen LogP) is 1.30. The van der Waals surface area contributed by atoms with Crippen LogP contribution in [0.4, 0.5) is 4.39 Å². The Kier molecular flexibility index (Phi) is 3.13. The summed E-state index contributed by atoms with van der Waals surface area (Å²) in [6, 6.07) is 3.87. The van der Waals surface area contributed by atoms with E-state index in [1.807, 2.05) is 0 Å². The van der Waals surface area contributed by atoms with Crippen LogP contribution in [0.1, 0.15) is 26.3 Å². The van der Waals surface area contributed by atoms with E-state index >= 15 is 0 Å². The zero-order chi connectivity index (χ0) is 11.4. The summed E-state index contributed by atoms with van der Waals surface area (Å²) in [5.74, 6) is -1.82. The van der Waals surface area contributed by atoms with Gasteiger partial charge in [-0.15, -0.1) is 0 Å². The summed E-state index contributed by atoms with van der Waals surface area (Å²) in [5.41, 5.74) is -0.936. The van der Waals surface area contributed by atoms with Gasteiger partial charge in [0, 0.05) is 0 Å². The highest BCUT2D eigenvalue weighted by molar-refractivity contribution is 5.98. The summed E-state index contributed by atoms with van der Waals surface area (Å²) in [4.78, 5) is 21.7. The standard InChI is InChI=1S/C10H6FNO3/c1-15-10(14)7-3-2-6(4-12)9(11)8(7)5-13/h2-3,5H,1H3. The molecule has 0 fully saturated rings. The van der Waals surface area contributed by atoms with Gasteiger partial charge < -0.3 is 4.74 Å². The molecule has 1 aromatic rings. The summed E-state index contributed by atoms with van der Waals surface area (Å²) in [6.07, 6.45) is 0.183. The topological polar surface area (TPSA) is 67.2 Å². The van der Waals surface area contributed by atoms with Crippen LogP contribution in [-0.4, -0.2) is 19.4 Å². The zero-order valence-corrected chi connectivity index (χ0v) is 7.78. The van der Waals surface area contributed by atoms with Crippen molar-refractivity contribution in [1.29, 1.82) is 5.26 Å². The molecule has 0 saturated heterocycles. The van der Waals surface area contributed by atoms with Gasteiger partial charge in [0.2, 0.25) is 0 Å². The van der Waals surface area contributed by atoms with Gasteiger partial charge in [0.1, 0.15) is 6.07 Å². The lowest BCUT2D eigenvalue weighted by Crippen LogP contribution is -2.08. The minimum atomic E-state index is -1.00. The van der Waals surface area contributed by atoms with Gasteiger partial charge in [-0.25, -0.2) is 9.18 Å². The molecular formula is C10H6FNO3. The van der Waals surface area contributed by atoms with Gasteiger partial charge in [0.25, 0.3) is 0 Å². The van der Waals surface area contributed by atoms with Crippen molar-refractivity contribution in [2.24, 2.45) is 0 Å². The third-order valence-electron chi connectivity index (χ3n) is 1.82. The fourth-order valence-electron chi connectivity index (χ4n) is 1.08. The fraction of sp³-hybridized carbons (Fsp3) is 0.100. The lowest BCUT2D eigenvalue weighted by atomic mass is 10.0. The van der Waals surface area contributed by atoms with Crippen LogP contribution in [0.2, 0.25) is 0 Å². The van der Waals surface area contributed by atoms with Crippen LogP contribution in [0.15, 0.2) is 12.1 Å². The van der Waals surface area contributed by atoms with Crippen molar-refractivity contribution in [2.45, 2.75) is 0 Å². The first-order valence-corrected chi connectivity index (χ1v) is 3.91. The fourth-order valence-corrected chi connectivity index (χ4v) is 1.08. The van der Waals surface area contributed by atoms with E-state index in [1.54, 1.807) is 6.07 Å². The van der Waals surface area contributed by atoms with Crippen molar-refractivity contribution < 1.29 is 18.7 Å². The second kappa shape index (κ2) is 4.33. The Labute approximate surface area is 84.9 Å². The van der Waals surface area contributed by atoms with Crippen molar-refractivity contribution in [3.8, 4) is 6.07 Å². The molecule has 5 heteroatoms. The van der Waals surface area contributed by atoms with Crippen LogP contribution >= 0.6 is 0 Å². The second-order valence-electron chi connectivity index (χ2n) is 2.61. The molecule has 0 spiro atoms. The first-order chi connectivity index (χ1) is 7.15. The number of benzene rings is 1. The molecule has 0 unspecified atom stereocenters. The van der Waals surface area contributed by atoms with Crippen molar-refractivity contribution >= 4 is 12.3 Å². The van der Waals surface area contributed by atoms with Crippen LogP contribution < -0.4 is 0 Å². The van der Waals surface area contributed by atoms with E-state index in [2.05, 4.69) is 4.74 Å². The number of aldehydes is 1. The molecule has 0 N–H and O–H groups in total. The van der Waals surface area contributed by atoms with Gasteiger partial charge in [-0.05, 0) is 12.1 Å². The maximum absolute atomic E-state index is 13.4. The zero-order valence-electron chi connectivity index (χ0n) is 7.78. The van der Waals surface area contributed by atoms with Crippen LogP contribution in [0.3, 0.4) is 0 Å². The average Bonchev–Trinajstić information content (AvgIpc) is 2.27. The monoisotopic (exact) mass is 207 g/mol. The Morgan fingerprint density at radius 1 is 1.60 bits per heavy atom. The van der Waals surface area contributed by atoms with E-state index < -0.39 is 17.3 Å². The van der Waals surface area contributed by atoms with Gasteiger partial charge in [-0.3, -0.25) is 4.79 Å². The van der Waals surface area contributed by atoms with Gasteiger partial charge in [-0.2, -0.15) is 5.26 Å². The molecule has 0 radical (unpaired) electrons. The minimum absolute atomic E-state index is 0.183. The quantitative estimate of drug-likeness (QED) is 0.541. The van der Waals surface area contributed by atoms with Crippen molar-refractivity contribution in [1.82, 2.24) is 0 Å². The highest BCUT2D eigenvalue weighted by Crippen LogP contribution is 2.16. The number of carbonyl (C=O) groups excluding carboxylic acids is 2. The first kappa shape index (κ1) is 10.9. The minimum Gasteiger partial charge on any atom is -0.465 e. The van der Waals surface area contributed by atoms with E-state index in [-0.39, 0.29) is 17.4 Å². The predicted molar refractivity (Wildman–Crippen MR) is 47.8 cm³/mol. The molecule has 0 aliphatic heterocycles. The number of esters is 1. The van der Waals surface area contributed by atoms with Crippen LogP contribution in [-0.2, 0) is 4.74 Å². The summed E-state index contributed by atoms with van der Waals surface area (Å²) in [7, 11) is 1.12. The van der Waals surface area contributed by atoms with Gasteiger partial charge in [0.05, 0.1) is 23.8 Å². The number of methoxy groups -OCH3 is 1. The second-order valence-corrected chi connectivity index (χ2v) is 2.61. The number of hydrogen-bond donors (Lipinski definition) is 0. The highest BCUT2D eigenvalue weighted by atomic mass is 19.1. The average molecular weight is 207 g/mol. The molecular weight excluding hydrogens is 201 g/mol. The lowest BCUT2D eigenvalue weighted by molar-refractivity contribution is 0.0597. The number of carbonyl (C=O) groups is 2. The molecule has 0 heterocycles. The summed E-state index contributed by atoms with van der Waals surface area (Å²) < 4.78 is 17.7. The van der Waals surface area contributed by atoms with Gasteiger partial charge >= 0.3 is 5.97 Å². The molecule has 76 valence electrons. The molecule has 0 bridgehead atoms. The number of nitrogens with zero attached hydrogens (tertiary/aromatic N) is 1. The molecule has 15 heavy (non-hydrogen) atoms. The Morgan fingerprint density at radius 3 is 2.73 bits per heavy atom. The Hall–Kier alpha value is -2.22. The molecule has 0 aliphatic rings. The number of nitriles is 1. The SMILES string of the molecule is COC(=O)c1ccc(C#N)c(F)c1C=O. The van der Waals surface area contributed by atoms with E-state index in [1.165, 1.54) is 6.07 Å². The molecule has 1 aromatic carbocycles. The maximum Gasteiger partial charge on any atom is 0.338 e. The van der Waals surface area contributed by atoms with E-state index in [4.69, 9.17) is 5.26 Å². The Morgan fingerprint density at radius 2 is 2.27 bits per heavy atom. The molecule has 0 atom stereocenters.